The van der Waals surface area contributed by atoms with Crippen molar-refractivity contribution >= 4 is 21.4 Å². The lowest BCUT2D eigenvalue weighted by Crippen LogP contribution is -2.32. The van der Waals surface area contributed by atoms with Crippen LogP contribution >= 0.6 is 11.3 Å². The van der Waals surface area contributed by atoms with Gasteiger partial charge in [-0.1, -0.05) is 13.8 Å². The van der Waals surface area contributed by atoms with Crippen molar-refractivity contribution in [2.45, 2.75) is 25.3 Å². The van der Waals surface area contributed by atoms with E-state index in [1.807, 2.05) is 20.9 Å². The highest BCUT2D eigenvalue weighted by Gasteiger charge is 2.15. The molecule has 2 N–H and O–H groups in total. The maximum absolute atomic E-state index is 12.0. The zero-order valence-corrected chi connectivity index (χ0v) is 13.4. The van der Waals surface area contributed by atoms with Gasteiger partial charge in [-0.25, -0.2) is 13.1 Å². The van der Waals surface area contributed by atoms with Crippen molar-refractivity contribution in [2.75, 3.05) is 33.2 Å². The van der Waals surface area contributed by atoms with Gasteiger partial charge >= 0.3 is 0 Å². The fourth-order valence-electron chi connectivity index (χ4n) is 1.45. The number of sulfonamides is 1. The Morgan fingerprint density at radius 3 is 2.74 bits per heavy atom. The summed E-state index contributed by atoms with van der Waals surface area (Å²) in [5.41, 5.74) is 0. The highest BCUT2D eigenvalue weighted by Crippen LogP contribution is 2.18. The summed E-state index contributed by atoms with van der Waals surface area (Å²) in [6.07, 6.45) is 0. The van der Waals surface area contributed by atoms with Crippen LogP contribution in [0.3, 0.4) is 0 Å². The summed E-state index contributed by atoms with van der Waals surface area (Å²) in [6, 6.07) is 1.74. The van der Waals surface area contributed by atoms with Gasteiger partial charge in [0.1, 0.15) is 0 Å². The maximum atomic E-state index is 12.0. The normalized spacial score (nSPS) is 12.2. The van der Waals surface area contributed by atoms with E-state index in [-0.39, 0.29) is 0 Å². The molecule has 0 fully saturated rings. The topological polar surface area (TPSA) is 61.4 Å². The summed E-state index contributed by atoms with van der Waals surface area (Å²) in [7, 11) is -1.40. The predicted molar refractivity (Wildman–Crippen MR) is 80.1 cm³/mol. The van der Waals surface area contributed by atoms with E-state index in [1.165, 1.54) is 11.3 Å². The average Bonchev–Trinajstić information content (AvgIpc) is 2.85. The molecule has 0 atom stereocenters. The first-order chi connectivity index (χ1) is 8.99. The van der Waals surface area contributed by atoms with Crippen molar-refractivity contribution in [2.24, 2.45) is 0 Å². The molecule has 19 heavy (non-hydrogen) atoms. The van der Waals surface area contributed by atoms with E-state index < -0.39 is 10.0 Å². The number of nitrogens with zero attached hydrogens (tertiary/aromatic N) is 1. The molecule has 0 bridgehead atoms. The number of thiophene rings is 1. The van der Waals surface area contributed by atoms with Gasteiger partial charge in [0.15, 0.2) is 0 Å². The Bertz CT molecular complexity index is 471. The maximum Gasteiger partial charge on any atom is 0.241 e. The largest absolute Gasteiger partial charge is 0.312 e. The lowest BCUT2D eigenvalue weighted by atomic mass is 10.4. The van der Waals surface area contributed by atoms with Gasteiger partial charge in [-0.3, -0.25) is 0 Å². The van der Waals surface area contributed by atoms with Crippen LogP contribution in [0.15, 0.2) is 16.3 Å². The SMILES string of the molecule is CCNCc1cc(S(=O)(=O)NCCN(C)CC)cs1. The van der Waals surface area contributed by atoms with E-state index in [0.717, 1.165) is 24.5 Å². The van der Waals surface area contributed by atoms with E-state index >= 15 is 0 Å². The van der Waals surface area contributed by atoms with Crippen LogP contribution in [-0.2, 0) is 16.6 Å². The van der Waals surface area contributed by atoms with Crippen LogP contribution in [0.25, 0.3) is 0 Å². The van der Waals surface area contributed by atoms with Gasteiger partial charge in [0.2, 0.25) is 10.0 Å². The summed E-state index contributed by atoms with van der Waals surface area (Å²) in [4.78, 5) is 3.46. The van der Waals surface area contributed by atoms with Gasteiger partial charge < -0.3 is 10.2 Å². The van der Waals surface area contributed by atoms with E-state index in [0.29, 0.717) is 18.0 Å². The van der Waals surface area contributed by atoms with Crippen molar-refractivity contribution in [3.8, 4) is 0 Å². The lowest BCUT2D eigenvalue weighted by Gasteiger charge is -2.13. The van der Waals surface area contributed by atoms with Crippen LogP contribution in [0.2, 0.25) is 0 Å². The second-order valence-corrected chi connectivity index (χ2v) is 7.09. The second kappa shape index (κ2) is 7.96. The first kappa shape index (κ1) is 16.6. The van der Waals surface area contributed by atoms with Gasteiger partial charge in [0, 0.05) is 29.9 Å². The molecule has 0 saturated carbocycles. The molecule has 5 nitrogen and oxygen atoms in total. The van der Waals surface area contributed by atoms with Gasteiger partial charge in [-0.2, -0.15) is 0 Å². The van der Waals surface area contributed by atoms with Gasteiger partial charge in [-0.15, -0.1) is 11.3 Å². The number of hydrogen-bond acceptors (Lipinski definition) is 5. The fourth-order valence-corrected chi connectivity index (χ4v) is 3.72. The minimum Gasteiger partial charge on any atom is -0.312 e. The molecule has 0 unspecified atom stereocenters. The third-order valence-corrected chi connectivity index (χ3v) is 5.34. The van der Waals surface area contributed by atoms with Crippen LogP contribution in [0.5, 0.6) is 0 Å². The number of rotatable bonds is 9. The van der Waals surface area contributed by atoms with Gasteiger partial charge in [-0.05, 0) is 26.2 Å². The quantitative estimate of drug-likeness (QED) is 0.717. The molecule has 0 aromatic carbocycles. The highest BCUT2D eigenvalue weighted by atomic mass is 32.2. The zero-order valence-electron chi connectivity index (χ0n) is 11.8. The molecule has 0 aliphatic heterocycles. The summed E-state index contributed by atoms with van der Waals surface area (Å²) in [5.74, 6) is 0. The Morgan fingerprint density at radius 2 is 2.11 bits per heavy atom. The standard InChI is InChI=1S/C12H23N3O2S2/c1-4-13-9-11-8-12(10-18-11)19(16,17)14-6-7-15(3)5-2/h8,10,13-14H,4-7,9H2,1-3H3. The number of hydrogen-bond donors (Lipinski definition) is 2. The van der Waals surface area contributed by atoms with E-state index in [1.54, 1.807) is 11.4 Å². The van der Waals surface area contributed by atoms with E-state index in [2.05, 4.69) is 14.9 Å². The molecular formula is C12H23N3O2S2. The smallest absolute Gasteiger partial charge is 0.241 e. The van der Waals surface area contributed by atoms with Crippen molar-refractivity contribution in [1.29, 1.82) is 0 Å². The Labute approximate surface area is 120 Å². The predicted octanol–water partition coefficient (Wildman–Crippen LogP) is 1.09. The van der Waals surface area contributed by atoms with Gasteiger partial charge in [0.25, 0.3) is 0 Å². The third kappa shape index (κ3) is 5.58. The molecule has 0 saturated heterocycles. The van der Waals surface area contributed by atoms with Gasteiger partial charge in [0.05, 0.1) is 4.90 Å². The monoisotopic (exact) mass is 305 g/mol. The molecular weight excluding hydrogens is 282 g/mol. The Kier molecular flexibility index (Phi) is 6.95. The number of nitrogens with one attached hydrogen (secondary N) is 2. The average molecular weight is 305 g/mol. The molecule has 110 valence electrons. The van der Waals surface area contributed by atoms with Crippen molar-refractivity contribution < 1.29 is 8.42 Å². The lowest BCUT2D eigenvalue weighted by molar-refractivity contribution is 0.358. The number of likely N-dealkylation sites (N-methyl/N-ethyl adjacent to an activating group) is 1. The minimum atomic E-state index is -3.36. The summed E-state index contributed by atoms with van der Waals surface area (Å²) < 4.78 is 26.7. The molecule has 1 aromatic heterocycles. The van der Waals surface area contributed by atoms with Crippen LogP contribution < -0.4 is 10.0 Å². The first-order valence-corrected chi connectivity index (χ1v) is 8.82. The zero-order chi connectivity index (χ0) is 14.3. The minimum absolute atomic E-state index is 0.365. The van der Waals surface area contributed by atoms with E-state index in [9.17, 15) is 8.42 Å². The second-order valence-electron chi connectivity index (χ2n) is 4.32. The molecule has 1 aromatic rings. The van der Waals surface area contributed by atoms with Crippen molar-refractivity contribution in [3.05, 3.63) is 16.3 Å². The van der Waals surface area contributed by atoms with E-state index in [4.69, 9.17) is 0 Å². The van der Waals surface area contributed by atoms with Crippen molar-refractivity contribution in [1.82, 2.24) is 14.9 Å². The molecule has 1 heterocycles. The van der Waals surface area contributed by atoms with Crippen LogP contribution in [0, 0.1) is 0 Å². The fraction of sp³-hybridized carbons (Fsp3) is 0.667. The first-order valence-electron chi connectivity index (χ1n) is 6.46. The Morgan fingerprint density at radius 1 is 1.37 bits per heavy atom. The molecule has 0 aliphatic carbocycles. The van der Waals surface area contributed by atoms with Crippen LogP contribution in [0.1, 0.15) is 18.7 Å². The van der Waals surface area contributed by atoms with Crippen LogP contribution in [0.4, 0.5) is 0 Å². The Balaban J connectivity index is 2.54. The summed E-state index contributed by atoms with van der Waals surface area (Å²) in [5, 5.41) is 4.88. The molecule has 0 spiro atoms. The van der Waals surface area contributed by atoms with Crippen LogP contribution in [-0.4, -0.2) is 46.5 Å². The molecule has 0 amide bonds. The molecule has 1 rings (SSSR count). The van der Waals surface area contributed by atoms with Crippen molar-refractivity contribution in [3.63, 3.8) is 0 Å². The molecule has 0 radical (unpaired) electrons. The molecule has 0 aliphatic rings. The highest BCUT2D eigenvalue weighted by molar-refractivity contribution is 7.89. The molecule has 7 heteroatoms. The Hall–Kier alpha value is -0.470. The summed E-state index contributed by atoms with van der Waals surface area (Å²) >= 11 is 1.47. The summed E-state index contributed by atoms with van der Waals surface area (Å²) in [6.45, 7) is 7.72. The third-order valence-electron chi connectivity index (χ3n) is 2.81.